The normalized spacial score (nSPS) is 12.1. The van der Waals surface area contributed by atoms with Crippen molar-refractivity contribution in [3.05, 3.63) is 29.7 Å². The van der Waals surface area contributed by atoms with Gasteiger partial charge < -0.3 is 10.2 Å². The summed E-state index contributed by atoms with van der Waals surface area (Å²) in [6.07, 6.45) is 1.77. The van der Waals surface area contributed by atoms with Crippen LogP contribution in [-0.4, -0.2) is 50.0 Å². The van der Waals surface area contributed by atoms with Crippen molar-refractivity contribution in [2.24, 2.45) is 5.92 Å². The molecule has 7 heteroatoms. The second kappa shape index (κ2) is 7.97. The quantitative estimate of drug-likeness (QED) is 0.678. The van der Waals surface area contributed by atoms with Crippen LogP contribution < -0.4 is 5.32 Å². The Bertz CT molecular complexity index is 1030. The molecule has 3 aromatic heterocycles. The van der Waals surface area contributed by atoms with Crippen LogP contribution in [-0.2, 0) is 5.41 Å². The highest BCUT2D eigenvalue weighted by Gasteiger charge is 2.30. The molecule has 0 saturated carbocycles. The van der Waals surface area contributed by atoms with E-state index in [-0.39, 0.29) is 11.3 Å². The zero-order chi connectivity index (χ0) is 21.3. The minimum Gasteiger partial charge on any atom is -0.383 e. The Labute approximate surface area is 172 Å². The first-order chi connectivity index (χ1) is 13.7. The molecule has 7 nitrogen and oxygen atoms in total. The minimum absolute atomic E-state index is 0.0372. The molecule has 0 fully saturated rings. The van der Waals surface area contributed by atoms with E-state index in [0.29, 0.717) is 30.2 Å². The van der Waals surface area contributed by atoms with Crippen molar-refractivity contribution >= 4 is 28.3 Å². The SMILES string of the molecule is CCN(CC)C(=O)c1c(NCC(C)C)c2cccnc2n2c(C(C)(C)C)nnc12. The average molecular weight is 397 g/mol. The fourth-order valence-electron chi connectivity index (χ4n) is 3.51. The molecule has 29 heavy (non-hydrogen) atoms. The summed E-state index contributed by atoms with van der Waals surface area (Å²) in [4.78, 5) is 20.0. The Hall–Kier alpha value is -2.70. The molecule has 0 aliphatic heterocycles. The standard InChI is InChI=1S/C22H32N6O/c1-8-27(9-2)20(29)16-17(24-13-14(3)4)15-11-10-12-23-18(15)28-19(16)25-26-21(28)22(5,6)7/h10-12,14,24H,8-9,13H2,1-7H3. The van der Waals surface area contributed by atoms with E-state index in [9.17, 15) is 4.79 Å². The summed E-state index contributed by atoms with van der Waals surface area (Å²) >= 11 is 0. The zero-order valence-corrected chi connectivity index (χ0v) is 18.6. The van der Waals surface area contributed by atoms with Crippen LogP contribution in [0.25, 0.3) is 16.7 Å². The second-order valence-corrected chi connectivity index (χ2v) is 8.81. The lowest BCUT2D eigenvalue weighted by Gasteiger charge is -2.24. The summed E-state index contributed by atoms with van der Waals surface area (Å²) in [6.45, 7) is 16.6. The van der Waals surface area contributed by atoms with Gasteiger partial charge >= 0.3 is 0 Å². The van der Waals surface area contributed by atoms with Gasteiger partial charge in [0, 0.05) is 36.6 Å². The largest absolute Gasteiger partial charge is 0.383 e. The lowest BCUT2D eigenvalue weighted by atomic mass is 9.95. The number of aromatic nitrogens is 4. The highest BCUT2D eigenvalue weighted by Crippen LogP contribution is 2.34. The number of nitrogens with zero attached hydrogens (tertiary/aromatic N) is 5. The molecule has 0 radical (unpaired) electrons. The number of hydrogen-bond donors (Lipinski definition) is 1. The topological polar surface area (TPSA) is 75.4 Å². The Kier molecular flexibility index (Phi) is 5.78. The first-order valence-electron chi connectivity index (χ1n) is 10.4. The van der Waals surface area contributed by atoms with Gasteiger partial charge in [-0.05, 0) is 31.9 Å². The summed E-state index contributed by atoms with van der Waals surface area (Å²) in [5.41, 5.74) is 2.44. The van der Waals surface area contributed by atoms with Gasteiger partial charge in [0.05, 0.1) is 5.69 Å². The maximum atomic E-state index is 13.6. The minimum atomic E-state index is -0.244. The molecule has 0 aliphatic rings. The predicted octanol–water partition coefficient (Wildman–Crippen LogP) is 4.12. The van der Waals surface area contributed by atoms with E-state index in [2.05, 4.69) is 55.1 Å². The molecule has 0 aromatic carbocycles. The van der Waals surface area contributed by atoms with Gasteiger partial charge in [0.1, 0.15) is 17.0 Å². The molecule has 0 spiro atoms. The summed E-state index contributed by atoms with van der Waals surface area (Å²) in [5.74, 6) is 1.18. The molecule has 0 bridgehead atoms. The van der Waals surface area contributed by atoms with Crippen molar-refractivity contribution in [3.63, 3.8) is 0 Å². The molecule has 3 aromatic rings. The summed E-state index contributed by atoms with van der Waals surface area (Å²) < 4.78 is 1.95. The van der Waals surface area contributed by atoms with Gasteiger partial charge in [-0.15, -0.1) is 10.2 Å². The van der Waals surface area contributed by atoms with E-state index in [1.165, 1.54) is 0 Å². The Morgan fingerprint density at radius 3 is 2.45 bits per heavy atom. The number of amides is 1. The maximum Gasteiger partial charge on any atom is 0.259 e. The van der Waals surface area contributed by atoms with Crippen molar-refractivity contribution in [3.8, 4) is 0 Å². The van der Waals surface area contributed by atoms with Crippen LogP contribution in [0.1, 0.15) is 64.6 Å². The highest BCUT2D eigenvalue weighted by atomic mass is 16.2. The van der Waals surface area contributed by atoms with Crippen molar-refractivity contribution in [1.82, 2.24) is 24.5 Å². The van der Waals surface area contributed by atoms with Crippen molar-refractivity contribution in [2.75, 3.05) is 25.0 Å². The smallest absolute Gasteiger partial charge is 0.259 e. The van der Waals surface area contributed by atoms with Gasteiger partial charge in [-0.25, -0.2) is 4.98 Å². The first kappa shape index (κ1) is 21.0. The fraction of sp³-hybridized carbons (Fsp3) is 0.545. The number of pyridine rings is 2. The Balaban J connectivity index is 2.44. The average Bonchev–Trinajstić information content (AvgIpc) is 3.12. The van der Waals surface area contributed by atoms with Crippen LogP contribution in [0.5, 0.6) is 0 Å². The number of carbonyl (C=O) groups is 1. The van der Waals surface area contributed by atoms with Crippen LogP contribution in [0.2, 0.25) is 0 Å². The molecule has 3 heterocycles. The third kappa shape index (κ3) is 3.78. The van der Waals surface area contributed by atoms with E-state index in [1.54, 1.807) is 6.20 Å². The second-order valence-electron chi connectivity index (χ2n) is 8.81. The predicted molar refractivity (Wildman–Crippen MR) is 118 cm³/mol. The van der Waals surface area contributed by atoms with Crippen LogP contribution in [0.3, 0.4) is 0 Å². The van der Waals surface area contributed by atoms with Crippen molar-refractivity contribution in [1.29, 1.82) is 0 Å². The number of hydrogen-bond acceptors (Lipinski definition) is 5. The highest BCUT2D eigenvalue weighted by molar-refractivity contribution is 6.11. The molecule has 1 amide bonds. The summed E-state index contributed by atoms with van der Waals surface area (Å²) in [6, 6.07) is 3.91. The third-order valence-corrected chi connectivity index (χ3v) is 5.03. The van der Waals surface area contributed by atoms with Gasteiger partial charge in [0.15, 0.2) is 5.65 Å². The van der Waals surface area contributed by atoms with E-state index >= 15 is 0 Å². The van der Waals surface area contributed by atoms with Gasteiger partial charge in [0.2, 0.25) is 0 Å². The zero-order valence-electron chi connectivity index (χ0n) is 18.6. The lowest BCUT2D eigenvalue weighted by Crippen LogP contribution is -2.32. The van der Waals surface area contributed by atoms with Crippen LogP contribution in [0.4, 0.5) is 5.69 Å². The number of rotatable bonds is 6. The number of fused-ring (bicyclic) bond motifs is 3. The summed E-state index contributed by atoms with van der Waals surface area (Å²) in [7, 11) is 0. The van der Waals surface area contributed by atoms with Gasteiger partial charge in [-0.1, -0.05) is 34.6 Å². The number of anilines is 1. The Morgan fingerprint density at radius 1 is 1.17 bits per heavy atom. The van der Waals surface area contributed by atoms with Crippen LogP contribution in [0, 0.1) is 5.92 Å². The van der Waals surface area contributed by atoms with Crippen molar-refractivity contribution < 1.29 is 4.79 Å². The molecule has 0 atom stereocenters. The fourth-order valence-corrected chi connectivity index (χ4v) is 3.51. The third-order valence-electron chi connectivity index (χ3n) is 5.03. The molecule has 0 aliphatic carbocycles. The molecule has 0 saturated heterocycles. The number of nitrogens with one attached hydrogen (secondary N) is 1. The first-order valence-corrected chi connectivity index (χ1v) is 10.4. The van der Waals surface area contributed by atoms with Gasteiger partial charge in [-0.3, -0.25) is 9.20 Å². The van der Waals surface area contributed by atoms with Crippen molar-refractivity contribution in [2.45, 2.75) is 53.9 Å². The molecule has 156 valence electrons. The molecule has 1 N–H and O–H groups in total. The molecule has 0 unspecified atom stereocenters. The molecular formula is C22H32N6O. The van der Waals surface area contributed by atoms with E-state index in [1.807, 2.05) is 35.3 Å². The van der Waals surface area contributed by atoms with Gasteiger partial charge in [-0.2, -0.15) is 0 Å². The van der Waals surface area contributed by atoms with E-state index in [4.69, 9.17) is 0 Å². The summed E-state index contributed by atoms with van der Waals surface area (Å²) in [5, 5.41) is 13.4. The van der Waals surface area contributed by atoms with Gasteiger partial charge in [0.25, 0.3) is 5.91 Å². The maximum absolute atomic E-state index is 13.6. The molecule has 3 rings (SSSR count). The number of carbonyl (C=O) groups excluding carboxylic acids is 1. The van der Waals surface area contributed by atoms with Crippen LogP contribution in [0.15, 0.2) is 18.3 Å². The monoisotopic (exact) mass is 396 g/mol. The van der Waals surface area contributed by atoms with E-state index < -0.39 is 0 Å². The molecular weight excluding hydrogens is 364 g/mol. The lowest BCUT2D eigenvalue weighted by molar-refractivity contribution is 0.0775. The van der Waals surface area contributed by atoms with E-state index in [0.717, 1.165) is 29.1 Å². The Morgan fingerprint density at radius 2 is 1.86 bits per heavy atom. The van der Waals surface area contributed by atoms with Crippen LogP contribution >= 0.6 is 0 Å².